The molecule has 2 bridgehead atoms. The molecule has 2 aliphatic heterocycles. The SMILES string of the molecule is O=C(Cc1cc(F)c(F)cc1F)C1CC2CCC(C1)O2. The Balaban J connectivity index is 1.71. The molecular weight excluding hydrogens is 269 g/mol. The highest BCUT2D eigenvalue weighted by molar-refractivity contribution is 5.83. The molecule has 3 rings (SSSR count). The Labute approximate surface area is 114 Å². The van der Waals surface area contributed by atoms with Crippen molar-refractivity contribution >= 4 is 5.78 Å². The zero-order valence-electron chi connectivity index (χ0n) is 10.9. The third-order valence-corrected chi connectivity index (χ3v) is 4.20. The molecule has 2 unspecified atom stereocenters. The third kappa shape index (κ3) is 2.59. The molecule has 2 atom stereocenters. The average Bonchev–Trinajstić information content (AvgIpc) is 2.74. The lowest BCUT2D eigenvalue weighted by molar-refractivity contribution is -0.128. The number of carbonyl (C=O) groups is 1. The van der Waals surface area contributed by atoms with Gasteiger partial charge in [-0.3, -0.25) is 4.79 Å². The van der Waals surface area contributed by atoms with E-state index in [1.807, 2.05) is 0 Å². The number of hydrogen-bond acceptors (Lipinski definition) is 2. The van der Waals surface area contributed by atoms with Crippen molar-refractivity contribution in [3.05, 3.63) is 35.1 Å². The van der Waals surface area contributed by atoms with Crippen molar-refractivity contribution in [2.45, 2.75) is 44.3 Å². The van der Waals surface area contributed by atoms with Gasteiger partial charge >= 0.3 is 0 Å². The summed E-state index contributed by atoms with van der Waals surface area (Å²) in [6.07, 6.45) is 3.30. The van der Waals surface area contributed by atoms with Crippen molar-refractivity contribution in [1.29, 1.82) is 0 Å². The zero-order valence-corrected chi connectivity index (χ0v) is 10.9. The zero-order chi connectivity index (χ0) is 14.3. The van der Waals surface area contributed by atoms with Gasteiger partial charge < -0.3 is 4.74 Å². The quantitative estimate of drug-likeness (QED) is 0.797. The number of benzene rings is 1. The fourth-order valence-corrected chi connectivity index (χ4v) is 3.15. The van der Waals surface area contributed by atoms with Gasteiger partial charge in [-0.1, -0.05) is 0 Å². The maximum atomic E-state index is 13.5. The highest BCUT2D eigenvalue weighted by Gasteiger charge is 2.37. The molecule has 1 aromatic rings. The molecule has 2 aliphatic rings. The first-order chi connectivity index (χ1) is 9.52. The molecule has 5 heteroatoms. The van der Waals surface area contributed by atoms with Crippen molar-refractivity contribution in [3.8, 4) is 0 Å². The summed E-state index contributed by atoms with van der Waals surface area (Å²) < 4.78 is 45.1. The number of hydrogen-bond donors (Lipinski definition) is 0. The maximum absolute atomic E-state index is 13.5. The van der Waals surface area contributed by atoms with E-state index in [-0.39, 0.29) is 35.9 Å². The van der Waals surface area contributed by atoms with Crippen LogP contribution >= 0.6 is 0 Å². The molecule has 1 aromatic carbocycles. The Hall–Kier alpha value is -1.36. The van der Waals surface area contributed by atoms with Crippen LogP contribution in [0.2, 0.25) is 0 Å². The minimum Gasteiger partial charge on any atom is -0.375 e. The first-order valence-electron chi connectivity index (χ1n) is 6.84. The number of fused-ring (bicyclic) bond motifs is 2. The molecular formula is C15H15F3O2. The van der Waals surface area contributed by atoms with Gasteiger partial charge in [0.2, 0.25) is 0 Å². The van der Waals surface area contributed by atoms with E-state index in [4.69, 9.17) is 4.74 Å². The second kappa shape index (κ2) is 5.20. The predicted molar refractivity (Wildman–Crippen MR) is 65.6 cm³/mol. The van der Waals surface area contributed by atoms with E-state index < -0.39 is 17.5 Å². The Morgan fingerprint density at radius 2 is 1.65 bits per heavy atom. The van der Waals surface area contributed by atoms with Gasteiger partial charge in [-0.15, -0.1) is 0 Å². The Morgan fingerprint density at radius 1 is 1.05 bits per heavy atom. The molecule has 0 amide bonds. The number of ketones is 1. The summed E-state index contributed by atoms with van der Waals surface area (Å²) in [6, 6.07) is 1.27. The van der Waals surface area contributed by atoms with Crippen LogP contribution in [0, 0.1) is 23.4 Å². The Kier molecular flexibility index (Phi) is 3.54. The van der Waals surface area contributed by atoms with E-state index in [0.717, 1.165) is 18.9 Å². The smallest absolute Gasteiger partial charge is 0.161 e. The fourth-order valence-electron chi connectivity index (χ4n) is 3.15. The Bertz CT molecular complexity index is 532. The van der Waals surface area contributed by atoms with Crippen LogP contribution < -0.4 is 0 Å². The largest absolute Gasteiger partial charge is 0.375 e. The van der Waals surface area contributed by atoms with E-state index in [1.54, 1.807) is 0 Å². The van der Waals surface area contributed by atoms with Gasteiger partial charge in [0.05, 0.1) is 12.2 Å². The van der Waals surface area contributed by atoms with E-state index >= 15 is 0 Å². The van der Waals surface area contributed by atoms with Crippen LogP contribution in [-0.2, 0) is 16.0 Å². The van der Waals surface area contributed by atoms with Crippen LogP contribution in [0.3, 0.4) is 0 Å². The molecule has 2 heterocycles. The standard InChI is InChI=1S/C15H15F3O2/c16-12-7-14(18)13(17)5-8(12)6-15(19)9-3-10-1-2-11(4-9)20-10/h5,7,9-11H,1-4,6H2. The summed E-state index contributed by atoms with van der Waals surface area (Å²) in [5, 5.41) is 0. The van der Waals surface area contributed by atoms with Crippen LogP contribution in [0.4, 0.5) is 13.2 Å². The van der Waals surface area contributed by atoms with Crippen LogP contribution in [0.25, 0.3) is 0 Å². The first-order valence-corrected chi connectivity index (χ1v) is 6.84. The molecule has 0 saturated carbocycles. The van der Waals surface area contributed by atoms with E-state index in [2.05, 4.69) is 0 Å². The van der Waals surface area contributed by atoms with Crippen LogP contribution in [0.5, 0.6) is 0 Å². The van der Waals surface area contributed by atoms with Gasteiger partial charge in [-0.25, -0.2) is 13.2 Å². The second-order valence-electron chi connectivity index (χ2n) is 5.63. The van der Waals surface area contributed by atoms with Gasteiger partial charge in [0.25, 0.3) is 0 Å². The monoisotopic (exact) mass is 284 g/mol. The first kappa shape index (κ1) is 13.6. The summed E-state index contributed by atoms with van der Waals surface area (Å²) in [5.41, 5.74) is -0.0762. The van der Waals surface area contributed by atoms with Gasteiger partial charge in [0.1, 0.15) is 11.6 Å². The molecule has 0 radical (unpaired) electrons. The highest BCUT2D eigenvalue weighted by Crippen LogP contribution is 2.36. The molecule has 0 aromatic heterocycles. The Morgan fingerprint density at radius 3 is 2.30 bits per heavy atom. The summed E-state index contributed by atoms with van der Waals surface area (Å²) in [6.45, 7) is 0. The average molecular weight is 284 g/mol. The predicted octanol–water partition coefficient (Wildman–Crippen LogP) is 3.17. The van der Waals surface area contributed by atoms with Crippen LogP contribution in [-0.4, -0.2) is 18.0 Å². The number of Topliss-reactive ketones (excluding diaryl/α,β-unsaturated/α-hetero) is 1. The van der Waals surface area contributed by atoms with Gasteiger partial charge in [0, 0.05) is 18.4 Å². The fraction of sp³-hybridized carbons (Fsp3) is 0.533. The van der Waals surface area contributed by atoms with E-state index in [9.17, 15) is 18.0 Å². The molecule has 20 heavy (non-hydrogen) atoms. The maximum Gasteiger partial charge on any atom is 0.161 e. The van der Waals surface area contributed by atoms with Crippen molar-refractivity contribution in [1.82, 2.24) is 0 Å². The van der Waals surface area contributed by atoms with Gasteiger partial charge in [0.15, 0.2) is 11.6 Å². The minimum absolute atomic E-state index is 0.0762. The van der Waals surface area contributed by atoms with Crippen molar-refractivity contribution in [2.24, 2.45) is 5.92 Å². The number of halogens is 3. The normalized spacial score (nSPS) is 28.6. The molecule has 0 aliphatic carbocycles. The van der Waals surface area contributed by atoms with Crippen LogP contribution in [0.15, 0.2) is 12.1 Å². The van der Waals surface area contributed by atoms with Gasteiger partial charge in [-0.2, -0.15) is 0 Å². The lowest BCUT2D eigenvalue weighted by atomic mass is 9.88. The minimum atomic E-state index is -1.23. The second-order valence-corrected chi connectivity index (χ2v) is 5.63. The summed E-state index contributed by atoms with van der Waals surface area (Å²) in [4.78, 5) is 12.2. The molecule has 0 N–H and O–H groups in total. The third-order valence-electron chi connectivity index (χ3n) is 4.20. The molecule has 2 nitrogen and oxygen atoms in total. The van der Waals surface area contributed by atoms with E-state index in [0.29, 0.717) is 18.9 Å². The number of carbonyl (C=O) groups excluding carboxylic acids is 1. The summed E-state index contributed by atoms with van der Waals surface area (Å²) >= 11 is 0. The molecule has 108 valence electrons. The number of ether oxygens (including phenoxy) is 1. The van der Waals surface area contributed by atoms with Crippen LogP contribution in [0.1, 0.15) is 31.2 Å². The lowest BCUT2D eigenvalue weighted by Crippen LogP contribution is -2.31. The van der Waals surface area contributed by atoms with Crippen molar-refractivity contribution in [3.63, 3.8) is 0 Å². The molecule has 0 spiro atoms. The summed E-state index contributed by atoms with van der Waals surface area (Å²) in [7, 11) is 0. The highest BCUT2D eigenvalue weighted by atomic mass is 19.2. The van der Waals surface area contributed by atoms with Crippen molar-refractivity contribution in [2.75, 3.05) is 0 Å². The lowest BCUT2D eigenvalue weighted by Gasteiger charge is -2.27. The number of rotatable bonds is 3. The van der Waals surface area contributed by atoms with Gasteiger partial charge in [-0.05, 0) is 37.3 Å². The molecule has 2 fully saturated rings. The topological polar surface area (TPSA) is 26.3 Å². The van der Waals surface area contributed by atoms with E-state index in [1.165, 1.54) is 0 Å². The van der Waals surface area contributed by atoms with Crippen molar-refractivity contribution < 1.29 is 22.7 Å². The molecule has 2 saturated heterocycles. The summed E-state index contributed by atoms with van der Waals surface area (Å²) in [5.74, 6) is -3.50.